The third-order valence-electron chi connectivity index (χ3n) is 4.81. The molecule has 1 aliphatic heterocycles. The van der Waals surface area contributed by atoms with Gasteiger partial charge in [0.25, 0.3) is 5.54 Å². The largest absolute Gasteiger partial charge is 0.382 e. The van der Waals surface area contributed by atoms with Crippen LogP contribution in [-0.4, -0.2) is 10.6 Å². The van der Waals surface area contributed by atoms with Crippen molar-refractivity contribution in [2.45, 2.75) is 5.54 Å². The second kappa shape index (κ2) is 7.16. The minimum absolute atomic E-state index is 0.137. The molecule has 146 valence electrons. The molecular weight excluding hydrogens is 502 g/mol. The van der Waals surface area contributed by atoms with E-state index in [-0.39, 0.29) is 16.6 Å². The highest BCUT2D eigenvalue weighted by molar-refractivity contribution is 9.10. The molecule has 0 saturated carbocycles. The van der Waals surface area contributed by atoms with Gasteiger partial charge in [0.2, 0.25) is 0 Å². The van der Waals surface area contributed by atoms with Crippen molar-refractivity contribution in [3.63, 3.8) is 0 Å². The minimum Gasteiger partial charge on any atom is -0.382 e. The molecule has 0 radical (unpaired) electrons. The van der Waals surface area contributed by atoms with Crippen LogP contribution < -0.4 is 16.8 Å². The smallest absolute Gasteiger partial charge is 0.293 e. The summed E-state index contributed by atoms with van der Waals surface area (Å²) in [5.41, 5.74) is 12.7. The van der Waals surface area contributed by atoms with E-state index in [0.717, 1.165) is 8.95 Å². The van der Waals surface area contributed by atoms with Crippen molar-refractivity contribution in [2.75, 3.05) is 0 Å². The number of rotatable bonds is 3. The predicted octanol–water partition coefficient (Wildman–Crippen LogP) is 3.75. The van der Waals surface area contributed by atoms with Crippen LogP contribution in [0.5, 0.6) is 0 Å². The lowest BCUT2D eigenvalue weighted by molar-refractivity contribution is -0.544. The first-order valence-corrected chi connectivity index (χ1v) is 10.1. The molecule has 0 aromatic heterocycles. The van der Waals surface area contributed by atoms with Gasteiger partial charge < -0.3 is 16.8 Å². The molecule has 4 rings (SSSR count). The number of nitrogens with zero attached hydrogens (tertiary/aromatic N) is 2. The van der Waals surface area contributed by atoms with Gasteiger partial charge in [-0.2, -0.15) is 0 Å². The normalized spacial score (nSPS) is 20.8. The summed E-state index contributed by atoms with van der Waals surface area (Å²) in [4.78, 5) is 16.7. The van der Waals surface area contributed by atoms with Crippen LogP contribution in [0.4, 0.5) is 0 Å². The molecule has 1 aliphatic carbocycles. The van der Waals surface area contributed by atoms with Crippen LogP contribution >= 0.6 is 31.9 Å². The summed E-state index contributed by atoms with van der Waals surface area (Å²) in [5.74, 6) is 0.288. The first-order chi connectivity index (χ1) is 13.8. The number of fused-ring (bicyclic) bond motifs is 1. The van der Waals surface area contributed by atoms with Crippen LogP contribution in [0, 0.1) is 10.1 Å². The molecule has 9 heteroatoms. The van der Waals surface area contributed by atoms with E-state index >= 15 is 0 Å². The van der Waals surface area contributed by atoms with Crippen molar-refractivity contribution in [2.24, 2.45) is 16.5 Å². The SMILES string of the molecule is NC1=C(N)NC2=C(c3cccc(Br)c3)C(c3cccc(Br)c3)([N+](=O)[O-])C=CC2=N1. The maximum absolute atomic E-state index is 12.6. The summed E-state index contributed by atoms with van der Waals surface area (Å²) in [7, 11) is 0. The highest BCUT2D eigenvalue weighted by Crippen LogP contribution is 2.46. The molecule has 2 aromatic carbocycles. The fourth-order valence-electron chi connectivity index (χ4n) is 3.53. The quantitative estimate of drug-likeness (QED) is 0.424. The first-order valence-electron chi connectivity index (χ1n) is 8.54. The Balaban J connectivity index is 2.10. The number of aliphatic imine (C=N–C) groups is 1. The van der Waals surface area contributed by atoms with E-state index < -0.39 is 5.54 Å². The Bertz CT molecular complexity index is 1170. The standard InChI is InChI=1S/C20H15Br2N5O2/c21-13-5-1-3-11(9-13)16-17-15(25-18(23)19(24)26-17)7-8-20(16,27(28)29)12-4-2-6-14(22)10-12/h1-10,26H,23-24H2. The second-order valence-corrected chi connectivity index (χ2v) is 8.38. The molecule has 2 aliphatic rings. The summed E-state index contributed by atoms with van der Waals surface area (Å²) in [5, 5.41) is 15.7. The molecule has 1 heterocycles. The number of nitrogens with two attached hydrogens (primary N) is 2. The van der Waals surface area contributed by atoms with Crippen molar-refractivity contribution in [1.29, 1.82) is 0 Å². The van der Waals surface area contributed by atoms with Crippen LogP contribution in [0.1, 0.15) is 11.1 Å². The van der Waals surface area contributed by atoms with Crippen molar-refractivity contribution in [3.05, 3.63) is 108 Å². The second-order valence-electron chi connectivity index (χ2n) is 6.55. The van der Waals surface area contributed by atoms with Gasteiger partial charge in [-0.05, 0) is 35.9 Å². The number of nitro groups is 1. The number of hydrogen-bond donors (Lipinski definition) is 3. The van der Waals surface area contributed by atoms with E-state index in [9.17, 15) is 10.1 Å². The summed E-state index contributed by atoms with van der Waals surface area (Å²) in [6, 6.07) is 14.4. The van der Waals surface area contributed by atoms with Gasteiger partial charge in [0.05, 0.1) is 17.0 Å². The van der Waals surface area contributed by atoms with Crippen molar-refractivity contribution >= 4 is 43.1 Å². The Morgan fingerprint density at radius 2 is 1.76 bits per heavy atom. The minimum atomic E-state index is -1.65. The van der Waals surface area contributed by atoms with Gasteiger partial charge in [-0.1, -0.05) is 56.1 Å². The van der Waals surface area contributed by atoms with Crippen LogP contribution in [0.3, 0.4) is 0 Å². The van der Waals surface area contributed by atoms with E-state index in [1.807, 2.05) is 30.3 Å². The zero-order valence-corrected chi connectivity index (χ0v) is 18.1. The van der Waals surface area contributed by atoms with E-state index in [1.54, 1.807) is 30.4 Å². The van der Waals surface area contributed by atoms with Gasteiger partial charge in [0, 0.05) is 25.5 Å². The monoisotopic (exact) mass is 515 g/mol. The number of benzene rings is 2. The van der Waals surface area contributed by atoms with Gasteiger partial charge in [-0.25, -0.2) is 4.99 Å². The predicted molar refractivity (Wildman–Crippen MR) is 119 cm³/mol. The first kappa shape index (κ1) is 19.4. The maximum Gasteiger partial charge on any atom is 0.293 e. The molecule has 29 heavy (non-hydrogen) atoms. The summed E-state index contributed by atoms with van der Waals surface area (Å²) < 4.78 is 1.53. The Morgan fingerprint density at radius 1 is 1.07 bits per heavy atom. The number of nitrogens with one attached hydrogen (secondary N) is 1. The van der Waals surface area contributed by atoms with Crippen molar-refractivity contribution in [3.8, 4) is 0 Å². The fourth-order valence-corrected chi connectivity index (χ4v) is 4.32. The average Bonchev–Trinajstić information content (AvgIpc) is 2.68. The topological polar surface area (TPSA) is 120 Å². The van der Waals surface area contributed by atoms with Crippen molar-refractivity contribution in [1.82, 2.24) is 5.32 Å². The average molecular weight is 517 g/mol. The molecule has 2 aromatic rings. The fraction of sp³-hybridized carbons (Fsp3) is 0.0500. The zero-order valence-electron chi connectivity index (χ0n) is 14.9. The lowest BCUT2D eigenvalue weighted by Gasteiger charge is -2.33. The van der Waals surface area contributed by atoms with Crippen LogP contribution in [0.25, 0.3) is 5.57 Å². The third-order valence-corrected chi connectivity index (χ3v) is 5.80. The van der Waals surface area contributed by atoms with Gasteiger partial charge >= 0.3 is 0 Å². The Labute approximate surface area is 183 Å². The van der Waals surface area contributed by atoms with Gasteiger partial charge in [0.15, 0.2) is 5.82 Å². The molecule has 0 spiro atoms. The molecule has 0 amide bonds. The maximum atomic E-state index is 12.6. The summed E-state index contributed by atoms with van der Waals surface area (Å²) in [6.07, 6.45) is 3.15. The highest BCUT2D eigenvalue weighted by Gasteiger charge is 2.51. The summed E-state index contributed by atoms with van der Waals surface area (Å²) in [6.45, 7) is 0. The Morgan fingerprint density at radius 3 is 2.41 bits per heavy atom. The number of hydrogen-bond acceptors (Lipinski definition) is 6. The van der Waals surface area contributed by atoms with E-state index in [0.29, 0.717) is 28.1 Å². The number of allylic oxidation sites excluding steroid dienone is 1. The molecule has 0 bridgehead atoms. The molecule has 7 nitrogen and oxygen atoms in total. The molecular formula is C20H15Br2N5O2. The van der Waals surface area contributed by atoms with E-state index in [2.05, 4.69) is 42.2 Å². The number of halogens is 2. The Hall–Kier alpha value is -2.91. The molecule has 0 saturated heterocycles. The summed E-state index contributed by atoms with van der Waals surface area (Å²) >= 11 is 6.88. The van der Waals surface area contributed by atoms with Crippen LogP contribution in [0.15, 0.2) is 92.0 Å². The molecule has 1 unspecified atom stereocenters. The van der Waals surface area contributed by atoms with Gasteiger partial charge in [-0.15, -0.1) is 0 Å². The Kier molecular flexibility index (Phi) is 4.79. The van der Waals surface area contributed by atoms with Crippen LogP contribution in [0.2, 0.25) is 0 Å². The lowest BCUT2D eigenvalue weighted by atomic mass is 9.74. The van der Waals surface area contributed by atoms with E-state index in [1.165, 1.54) is 0 Å². The van der Waals surface area contributed by atoms with Crippen molar-refractivity contribution < 1.29 is 4.92 Å². The van der Waals surface area contributed by atoms with Crippen LogP contribution in [-0.2, 0) is 5.54 Å². The zero-order chi connectivity index (χ0) is 20.8. The molecule has 0 fully saturated rings. The molecule has 1 atom stereocenters. The highest BCUT2D eigenvalue weighted by atomic mass is 79.9. The third kappa shape index (κ3) is 3.16. The molecule has 5 N–H and O–H groups in total. The lowest BCUT2D eigenvalue weighted by Crippen LogP contribution is -2.43. The van der Waals surface area contributed by atoms with Gasteiger partial charge in [0.1, 0.15) is 5.82 Å². The van der Waals surface area contributed by atoms with Gasteiger partial charge in [-0.3, -0.25) is 10.1 Å². The van der Waals surface area contributed by atoms with E-state index in [4.69, 9.17) is 11.5 Å².